The maximum Gasteiger partial charge on any atom is 0.416 e. The second-order valence-electron chi connectivity index (χ2n) is 7.29. The second-order valence-corrected chi connectivity index (χ2v) is 9.35. The van der Waals surface area contributed by atoms with E-state index in [-0.39, 0.29) is 40.3 Å². The lowest BCUT2D eigenvalue weighted by molar-refractivity contribution is -0.137. The number of rotatable bonds is 6. The number of sulfone groups is 1. The van der Waals surface area contributed by atoms with Crippen molar-refractivity contribution in [2.75, 3.05) is 0 Å². The van der Waals surface area contributed by atoms with Gasteiger partial charge in [-0.05, 0) is 36.8 Å². The van der Waals surface area contributed by atoms with E-state index in [4.69, 9.17) is 8.94 Å². The number of benzene rings is 2. The van der Waals surface area contributed by atoms with Gasteiger partial charge in [0, 0.05) is 5.56 Å². The molecule has 10 heteroatoms. The average molecular weight is 462 g/mol. The molecule has 0 aliphatic carbocycles. The molecule has 0 saturated heterocycles. The Labute approximate surface area is 181 Å². The molecule has 0 saturated carbocycles. The highest BCUT2D eigenvalue weighted by molar-refractivity contribution is 7.89. The van der Waals surface area contributed by atoms with E-state index in [2.05, 4.69) is 10.1 Å². The lowest BCUT2D eigenvalue weighted by Crippen LogP contribution is -2.07. The van der Waals surface area contributed by atoms with Crippen molar-refractivity contribution < 1.29 is 30.5 Å². The van der Waals surface area contributed by atoms with Gasteiger partial charge in [-0.3, -0.25) is 0 Å². The third-order valence-corrected chi connectivity index (χ3v) is 6.11. The van der Waals surface area contributed by atoms with Crippen LogP contribution in [0.2, 0.25) is 0 Å². The second kappa shape index (κ2) is 8.27. The van der Waals surface area contributed by atoms with Crippen LogP contribution in [-0.2, 0) is 27.5 Å². The van der Waals surface area contributed by atoms with E-state index in [0.717, 1.165) is 17.7 Å². The minimum Gasteiger partial charge on any atom is -0.455 e. The molecule has 2 aromatic carbocycles. The van der Waals surface area contributed by atoms with Crippen molar-refractivity contribution in [3.63, 3.8) is 0 Å². The minimum absolute atomic E-state index is 0.0453. The summed E-state index contributed by atoms with van der Waals surface area (Å²) in [6.45, 7) is 1.92. The smallest absolute Gasteiger partial charge is 0.416 e. The summed E-state index contributed by atoms with van der Waals surface area (Å²) in [6, 6.07) is 14.7. The number of nitrogens with zero attached hydrogens (tertiary/aromatic N) is 2. The van der Waals surface area contributed by atoms with Gasteiger partial charge in [-0.1, -0.05) is 47.1 Å². The zero-order valence-electron chi connectivity index (χ0n) is 16.8. The van der Waals surface area contributed by atoms with E-state index in [0.29, 0.717) is 5.56 Å². The molecule has 4 aromatic rings. The summed E-state index contributed by atoms with van der Waals surface area (Å²) < 4.78 is 74.4. The topological polar surface area (TPSA) is 86.2 Å². The molecule has 0 fully saturated rings. The molecule has 0 aliphatic rings. The number of furan rings is 1. The van der Waals surface area contributed by atoms with Gasteiger partial charge in [-0.25, -0.2) is 8.42 Å². The zero-order valence-corrected chi connectivity index (χ0v) is 17.6. The monoisotopic (exact) mass is 462 g/mol. The Kier molecular flexibility index (Phi) is 5.64. The first-order chi connectivity index (χ1) is 15.1. The van der Waals surface area contributed by atoms with Gasteiger partial charge in [0.1, 0.15) is 11.5 Å². The number of hydrogen-bond donors (Lipinski definition) is 0. The molecule has 0 bridgehead atoms. The zero-order chi connectivity index (χ0) is 22.9. The van der Waals surface area contributed by atoms with Crippen LogP contribution in [-0.4, -0.2) is 18.6 Å². The highest BCUT2D eigenvalue weighted by Crippen LogP contribution is 2.32. The quantitative estimate of drug-likeness (QED) is 0.379. The molecule has 0 amide bonds. The van der Waals surface area contributed by atoms with Crippen LogP contribution in [0.5, 0.6) is 0 Å². The predicted octanol–water partition coefficient (Wildman–Crippen LogP) is 5.44. The molecule has 2 aromatic heterocycles. The fourth-order valence-corrected chi connectivity index (χ4v) is 4.44. The molecule has 4 rings (SSSR count). The lowest BCUT2D eigenvalue weighted by atomic mass is 10.1. The normalized spacial score (nSPS) is 12.2. The van der Waals surface area contributed by atoms with Crippen molar-refractivity contribution in [3.8, 4) is 23.0 Å². The SMILES string of the molecule is Cc1ccc(CS(=O)(=O)Cc2ccc(-c3nc(-c4cccc(C(F)(F)F)c4)no3)o2)cc1. The van der Waals surface area contributed by atoms with E-state index in [1.807, 2.05) is 19.1 Å². The number of aryl methyl sites for hydroxylation is 1. The molecule has 166 valence electrons. The van der Waals surface area contributed by atoms with Crippen LogP contribution in [0.25, 0.3) is 23.0 Å². The van der Waals surface area contributed by atoms with E-state index in [1.54, 1.807) is 12.1 Å². The summed E-state index contributed by atoms with van der Waals surface area (Å²) in [5, 5.41) is 3.70. The molecule has 0 spiro atoms. The Balaban J connectivity index is 1.50. The summed E-state index contributed by atoms with van der Waals surface area (Å²) in [7, 11) is -3.49. The van der Waals surface area contributed by atoms with Crippen LogP contribution in [0.1, 0.15) is 22.5 Å². The molecule has 0 unspecified atom stereocenters. The van der Waals surface area contributed by atoms with E-state index in [9.17, 15) is 21.6 Å². The standard InChI is InChI=1S/C22H17F3N2O4S/c1-14-5-7-15(8-6-14)12-32(28,29)13-18-9-10-19(30-18)21-26-20(27-31-21)16-3-2-4-17(11-16)22(23,24)25/h2-11H,12-13H2,1H3. The largest absolute Gasteiger partial charge is 0.455 e. The first-order valence-corrected chi connectivity index (χ1v) is 11.3. The van der Waals surface area contributed by atoms with Crippen molar-refractivity contribution in [3.05, 3.63) is 83.1 Å². The lowest BCUT2D eigenvalue weighted by Gasteiger charge is -2.06. The summed E-state index contributed by atoms with van der Waals surface area (Å²) in [4.78, 5) is 4.07. The van der Waals surface area contributed by atoms with Crippen LogP contribution >= 0.6 is 0 Å². The van der Waals surface area contributed by atoms with E-state index >= 15 is 0 Å². The number of aromatic nitrogens is 2. The molecule has 0 radical (unpaired) electrons. The van der Waals surface area contributed by atoms with Gasteiger partial charge in [0.2, 0.25) is 5.82 Å². The summed E-state index contributed by atoms with van der Waals surface area (Å²) >= 11 is 0. The third kappa shape index (κ3) is 5.08. The molecule has 2 heterocycles. The van der Waals surface area contributed by atoms with Crippen molar-refractivity contribution in [2.45, 2.75) is 24.6 Å². The van der Waals surface area contributed by atoms with Crippen molar-refractivity contribution in [1.82, 2.24) is 10.1 Å². The van der Waals surface area contributed by atoms with Crippen LogP contribution in [0.15, 0.2) is 69.6 Å². The first kappa shape index (κ1) is 21.8. The average Bonchev–Trinajstić information content (AvgIpc) is 3.38. The van der Waals surface area contributed by atoms with Crippen LogP contribution < -0.4 is 0 Å². The minimum atomic E-state index is -4.50. The van der Waals surface area contributed by atoms with Crippen molar-refractivity contribution in [1.29, 1.82) is 0 Å². The molecule has 0 N–H and O–H groups in total. The Hall–Kier alpha value is -3.40. The number of alkyl halides is 3. The van der Waals surface area contributed by atoms with Crippen LogP contribution in [0.4, 0.5) is 13.2 Å². The van der Waals surface area contributed by atoms with Crippen molar-refractivity contribution >= 4 is 9.84 Å². The Bertz CT molecular complexity index is 1340. The predicted molar refractivity (Wildman–Crippen MR) is 110 cm³/mol. The maximum absolute atomic E-state index is 12.9. The maximum atomic E-state index is 12.9. The Morgan fingerprint density at radius 1 is 0.969 bits per heavy atom. The molecular weight excluding hydrogens is 445 g/mol. The van der Waals surface area contributed by atoms with Crippen LogP contribution in [0.3, 0.4) is 0 Å². The van der Waals surface area contributed by atoms with Crippen LogP contribution in [0, 0.1) is 6.92 Å². The molecular formula is C22H17F3N2O4S. The van der Waals surface area contributed by atoms with Gasteiger partial charge in [0.05, 0.1) is 11.3 Å². The van der Waals surface area contributed by atoms with E-state index in [1.165, 1.54) is 24.3 Å². The van der Waals surface area contributed by atoms with E-state index < -0.39 is 21.6 Å². The molecule has 0 atom stereocenters. The van der Waals surface area contributed by atoms with Gasteiger partial charge in [-0.2, -0.15) is 18.2 Å². The molecule has 6 nitrogen and oxygen atoms in total. The summed E-state index contributed by atoms with van der Waals surface area (Å²) in [5.74, 6) is -0.267. The van der Waals surface area contributed by atoms with Gasteiger partial charge in [-0.15, -0.1) is 0 Å². The molecule has 32 heavy (non-hydrogen) atoms. The molecule has 0 aliphatic heterocycles. The Morgan fingerprint density at radius 3 is 2.44 bits per heavy atom. The van der Waals surface area contributed by atoms with Gasteiger partial charge in [0.15, 0.2) is 15.6 Å². The van der Waals surface area contributed by atoms with Gasteiger partial charge < -0.3 is 8.94 Å². The highest BCUT2D eigenvalue weighted by atomic mass is 32.2. The van der Waals surface area contributed by atoms with Gasteiger partial charge >= 0.3 is 6.18 Å². The summed E-state index contributed by atoms with van der Waals surface area (Å²) in [6.07, 6.45) is -4.50. The fourth-order valence-electron chi connectivity index (χ4n) is 3.05. The van der Waals surface area contributed by atoms with Crippen molar-refractivity contribution in [2.24, 2.45) is 0 Å². The Morgan fingerprint density at radius 2 is 1.72 bits per heavy atom. The highest BCUT2D eigenvalue weighted by Gasteiger charge is 2.31. The summed E-state index contributed by atoms with van der Waals surface area (Å²) in [5.41, 5.74) is 0.999. The first-order valence-electron chi connectivity index (χ1n) is 9.45. The number of hydrogen-bond acceptors (Lipinski definition) is 6. The number of halogens is 3. The fraction of sp³-hybridized carbons (Fsp3) is 0.182. The van der Waals surface area contributed by atoms with Gasteiger partial charge in [0.25, 0.3) is 5.89 Å². The third-order valence-electron chi connectivity index (χ3n) is 4.62.